The Hall–Kier alpha value is -0.150. The molecule has 1 unspecified atom stereocenters. The van der Waals surface area contributed by atoms with Crippen LogP contribution in [0.3, 0.4) is 0 Å². The fraction of sp³-hybridized carbons (Fsp3) is 0.400. The Morgan fingerprint density at radius 3 is 2.40 bits per heavy atom. The summed E-state index contributed by atoms with van der Waals surface area (Å²) in [6.45, 7) is 2.34. The van der Waals surface area contributed by atoms with Crippen molar-refractivity contribution in [2.45, 2.75) is 19.4 Å². The summed E-state index contributed by atoms with van der Waals surface area (Å²) >= 11 is 17.6. The van der Waals surface area contributed by atoms with Gasteiger partial charge in [-0.15, -0.1) is 0 Å². The molecule has 5 heteroatoms. The largest absolute Gasteiger partial charge is 0.391 e. The van der Waals surface area contributed by atoms with Crippen LogP contribution in [0.2, 0.25) is 15.1 Å². The molecule has 1 atom stereocenters. The van der Waals surface area contributed by atoms with Crippen LogP contribution >= 0.6 is 34.8 Å². The average molecular weight is 269 g/mol. The number of hydrogen-bond donors (Lipinski definition) is 2. The van der Waals surface area contributed by atoms with Crippen molar-refractivity contribution in [3.8, 4) is 0 Å². The molecule has 0 aliphatic carbocycles. The van der Waals surface area contributed by atoms with E-state index in [0.717, 1.165) is 0 Å². The summed E-state index contributed by atoms with van der Waals surface area (Å²) in [5.74, 6) is 0. The number of halogens is 3. The van der Waals surface area contributed by atoms with Gasteiger partial charge in [-0.05, 0) is 18.6 Å². The second-order valence-corrected chi connectivity index (χ2v) is 4.41. The Labute approximate surface area is 104 Å². The van der Waals surface area contributed by atoms with Crippen molar-refractivity contribution in [2.24, 2.45) is 0 Å². The zero-order valence-corrected chi connectivity index (χ0v) is 10.5. The minimum atomic E-state index is -0.393. The molecule has 0 aliphatic rings. The zero-order valence-electron chi connectivity index (χ0n) is 8.23. The third-order valence-electron chi connectivity index (χ3n) is 2.01. The summed E-state index contributed by atoms with van der Waals surface area (Å²) in [5, 5.41) is 13.7. The average Bonchev–Trinajstić information content (AvgIpc) is 2.21. The first kappa shape index (κ1) is 12.9. The van der Waals surface area contributed by atoms with Gasteiger partial charge in [0.1, 0.15) is 0 Å². The second kappa shape index (κ2) is 5.80. The summed E-state index contributed by atoms with van der Waals surface area (Å²) < 4.78 is 0. The van der Waals surface area contributed by atoms with Crippen LogP contribution in [0.1, 0.15) is 13.3 Å². The van der Waals surface area contributed by atoms with E-state index in [1.807, 2.05) is 6.92 Å². The van der Waals surface area contributed by atoms with Crippen molar-refractivity contribution in [1.29, 1.82) is 0 Å². The summed E-state index contributed by atoms with van der Waals surface area (Å²) in [4.78, 5) is 0. The van der Waals surface area contributed by atoms with Crippen LogP contribution in [0, 0.1) is 0 Å². The lowest BCUT2D eigenvalue weighted by Crippen LogP contribution is -2.18. The molecular formula is C10H12Cl3NO. The second-order valence-electron chi connectivity index (χ2n) is 3.19. The number of benzene rings is 1. The first-order valence-electron chi connectivity index (χ1n) is 4.61. The summed E-state index contributed by atoms with van der Waals surface area (Å²) in [6, 6.07) is 3.22. The Bertz CT molecular complexity index is 344. The highest BCUT2D eigenvalue weighted by atomic mass is 35.5. The van der Waals surface area contributed by atoms with Gasteiger partial charge in [0.2, 0.25) is 0 Å². The van der Waals surface area contributed by atoms with Crippen LogP contribution < -0.4 is 5.32 Å². The van der Waals surface area contributed by atoms with E-state index in [2.05, 4.69) is 5.32 Å². The van der Waals surface area contributed by atoms with Gasteiger partial charge in [-0.25, -0.2) is 0 Å². The van der Waals surface area contributed by atoms with E-state index in [1.165, 1.54) is 0 Å². The normalized spacial score (nSPS) is 12.6. The molecule has 0 heterocycles. The van der Waals surface area contributed by atoms with Gasteiger partial charge >= 0.3 is 0 Å². The maximum absolute atomic E-state index is 9.37. The number of aliphatic hydroxyl groups is 1. The third kappa shape index (κ3) is 3.72. The lowest BCUT2D eigenvalue weighted by molar-refractivity contribution is 0.183. The molecule has 2 nitrogen and oxygen atoms in total. The molecule has 0 bridgehead atoms. The minimum Gasteiger partial charge on any atom is -0.391 e. The predicted molar refractivity (Wildman–Crippen MR) is 66.3 cm³/mol. The molecule has 0 saturated carbocycles. The van der Waals surface area contributed by atoms with Gasteiger partial charge in [-0.2, -0.15) is 0 Å². The molecule has 1 aromatic carbocycles. The number of nitrogens with one attached hydrogen (secondary N) is 1. The third-order valence-corrected chi connectivity index (χ3v) is 3.04. The van der Waals surface area contributed by atoms with E-state index in [4.69, 9.17) is 34.8 Å². The van der Waals surface area contributed by atoms with Crippen molar-refractivity contribution in [3.63, 3.8) is 0 Å². The Balaban J connectivity index is 2.73. The maximum Gasteiger partial charge on any atom is 0.0709 e. The number of anilines is 1. The van der Waals surface area contributed by atoms with Crippen molar-refractivity contribution in [1.82, 2.24) is 0 Å². The van der Waals surface area contributed by atoms with Gasteiger partial charge in [0.05, 0.1) is 26.9 Å². The van der Waals surface area contributed by atoms with E-state index in [0.29, 0.717) is 33.7 Å². The fourth-order valence-corrected chi connectivity index (χ4v) is 1.64. The molecule has 0 fully saturated rings. The molecule has 0 spiro atoms. The first-order chi connectivity index (χ1) is 7.04. The van der Waals surface area contributed by atoms with E-state index < -0.39 is 6.10 Å². The van der Waals surface area contributed by atoms with Gasteiger partial charge in [0.15, 0.2) is 0 Å². The lowest BCUT2D eigenvalue weighted by Gasteiger charge is -2.12. The van der Waals surface area contributed by atoms with E-state index in [1.54, 1.807) is 12.1 Å². The van der Waals surface area contributed by atoms with Crippen LogP contribution in [-0.4, -0.2) is 17.8 Å². The van der Waals surface area contributed by atoms with Crippen LogP contribution in [0.5, 0.6) is 0 Å². The molecular weight excluding hydrogens is 256 g/mol. The van der Waals surface area contributed by atoms with E-state index in [-0.39, 0.29) is 0 Å². The van der Waals surface area contributed by atoms with Gasteiger partial charge in [0, 0.05) is 6.54 Å². The number of rotatable bonds is 4. The highest BCUT2D eigenvalue weighted by molar-refractivity contribution is 6.44. The highest BCUT2D eigenvalue weighted by Crippen LogP contribution is 2.32. The Morgan fingerprint density at radius 2 is 1.80 bits per heavy atom. The van der Waals surface area contributed by atoms with Gasteiger partial charge in [0.25, 0.3) is 0 Å². The smallest absolute Gasteiger partial charge is 0.0709 e. The fourth-order valence-electron chi connectivity index (χ4n) is 1.03. The standard InChI is InChI=1S/C10H12Cl3NO/c1-2-6(15)5-14-10-4-8(12)7(11)3-9(10)13/h3-4,6,14-15H,2,5H2,1H3. The summed E-state index contributed by atoms with van der Waals surface area (Å²) in [5.41, 5.74) is 0.679. The minimum absolute atomic E-state index is 0.393. The SMILES string of the molecule is CCC(O)CNc1cc(Cl)c(Cl)cc1Cl. The molecule has 0 saturated heterocycles. The van der Waals surface area contributed by atoms with Crippen LogP contribution in [0.25, 0.3) is 0 Å². The first-order valence-corrected chi connectivity index (χ1v) is 5.74. The molecule has 0 aromatic heterocycles. The highest BCUT2D eigenvalue weighted by Gasteiger charge is 2.07. The lowest BCUT2D eigenvalue weighted by atomic mass is 10.2. The quantitative estimate of drug-likeness (QED) is 0.814. The van der Waals surface area contributed by atoms with Gasteiger partial charge < -0.3 is 10.4 Å². The maximum atomic E-state index is 9.37. The number of aliphatic hydroxyl groups excluding tert-OH is 1. The summed E-state index contributed by atoms with van der Waals surface area (Å²) in [7, 11) is 0. The van der Waals surface area contributed by atoms with E-state index in [9.17, 15) is 5.11 Å². The molecule has 0 amide bonds. The van der Waals surface area contributed by atoms with Crippen molar-refractivity contribution in [3.05, 3.63) is 27.2 Å². The number of hydrogen-bond acceptors (Lipinski definition) is 2. The van der Waals surface area contributed by atoms with Crippen molar-refractivity contribution >= 4 is 40.5 Å². The van der Waals surface area contributed by atoms with E-state index >= 15 is 0 Å². The molecule has 1 rings (SSSR count). The molecule has 2 N–H and O–H groups in total. The Kier molecular flexibility index (Phi) is 5.00. The van der Waals surface area contributed by atoms with Crippen molar-refractivity contribution in [2.75, 3.05) is 11.9 Å². The molecule has 0 aliphatic heterocycles. The molecule has 15 heavy (non-hydrogen) atoms. The topological polar surface area (TPSA) is 32.3 Å². The van der Waals surface area contributed by atoms with Crippen LogP contribution in [0.15, 0.2) is 12.1 Å². The van der Waals surface area contributed by atoms with Gasteiger partial charge in [-0.3, -0.25) is 0 Å². The molecule has 1 aromatic rings. The van der Waals surface area contributed by atoms with Crippen LogP contribution in [-0.2, 0) is 0 Å². The zero-order chi connectivity index (χ0) is 11.4. The molecule has 84 valence electrons. The van der Waals surface area contributed by atoms with Gasteiger partial charge in [-0.1, -0.05) is 41.7 Å². The monoisotopic (exact) mass is 267 g/mol. The predicted octanol–water partition coefficient (Wildman–Crippen LogP) is 3.83. The van der Waals surface area contributed by atoms with Crippen LogP contribution in [0.4, 0.5) is 5.69 Å². The Morgan fingerprint density at radius 1 is 1.20 bits per heavy atom. The summed E-state index contributed by atoms with van der Waals surface area (Å²) in [6.07, 6.45) is 0.293. The molecule has 0 radical (unpaired) electrons. The van der Waals surface area contributed by atoms with Crippen molar-refractivity contribution < 1.29 is 5.11 Å².